The molecule has 1 aliphatic heterocycles. The van der Waals surface area contributed by atoms with Gasteiger partial charge in [0.1, 0.15) is 5.76 Å². The van der Waals surface area contributed by atoms with E-state index in [0.29, 0.717) is 23.8 Å². The Kier molecular flexibility index (Phi) is 4.22. The summed E-state index contributed by atoms with van der Waals surface area (Å²) in [4.78, 5) is 13.8. The van der Waals surface area contributed by atoms with Crippen LogP contribution in [0.4, 0.5) is 11.6 Å². The van der Waals surface area contributed by atoms with Crippen molar-refractivity contribution in [3.8, 4) is 0 Å². The van der Waals surface area contributed by atoms with Crippen molar-refractivity contribution in [1.29, 1.82) is 0 Å². The number of carbonyl (C=O) groups excluding carboxylic acids is 1. The number of carbonyl (C=O) groups is 1. The van der Waals surface area contributed by atoms with Gasteiger partial charge in [-0.05, 0) is 25.5 Å². The van der Waals surface area contributed by atoms with Crippen LogP contribution in [0.25, 0.3) is 0 Å². The Labute approximate surface area is 139 Å². The summed E-state index contributed by atoms with van der Waals surface area (Å²) in [6.45, 7) is 1.72. The largest absolute Gasteiger partial charge is 0.360 e. The van der Waals surface area contributed by atoms with Crippen molar-refractivity contribution in [2.45, 2.75) is 19.4 Å². The lowest BCUT2D eigenvalue weighted by Crippen LogP contribution is -2.33. The number of aryl methyl sites for hydroxylation is 1. The SMILES string of the molecule is Cc1cc(NC(=O)c2ccc(N(C)C3CCS(=O)(=O)C3)nn2)no1. The average molecular weight is 351 g/mol. The van der Waals surface area contributed by atoms with Crippen LogP contribution >= 0.6 is 0 Å². The highest BCUT2D eigenvalue weighted by Crippen LogP contribution is 2.21. The van der Waals surface area contributed by atoms with Gasteiger partial charge in [-0.1, -0.05) is 5.16 Å². The molecule has 1 saturated heterocycles. The Morgan fingerprint density at radius 1 is 1.38 bits per heavy atom. The normalized spacial score (nSPS) is 19.2. The molecule has 1 N–H and O–H groups in total. The molecule has 1 atom stereocenters. The van der Waals surface area contributed by atoms with E-state index in [1.54, 1.807) is 31.0 Å². The monoisotopic (exact) mass is 351 g/mol. The minimum atomic E-state index is -2.97. The lowest BCUT2D eigenvalue weighted by Gasteiger charge is -2.23. The van der Waals surface area contributed by atoms with Gasteiger partial charge in [0, 0.05) is 19.2 Å². The fourth-order valence-corrected chi connectivity index (χ4v) is 4.28. The van der Waals surface area contributed by atoms with Gasteiger partial charge in [0.2, 0.25) is 0 Å². The average Bonchev–Trinajstić information content (AvgIpc) is 3.12. The van der Waals surface area contributed by atoms with E-state index in [-0.39, 0.29) is 23.2 Å². The predicted molar refractivity (Wildman–Crippen MR) is 86.7 cm³/mol. The summed E-state index contributed by atoms with van der Waals surface area (Å²) < 4.78 is 28.0. The highest BCUT2D eigenvalue weighted by Gasteiger charge is 2.31. The molecule has 10 heteroatoms. The highest BCUT2D eigenvalue weighted by atomic mass is 32.2. The number of nitrogens with zero attached hydrogens (tertiary/aromatic N) is 4. The molecule has 3 rings (SSSR count). The minimum Gasteiger partial charge on any atom is -0.360 e. The first-order valence-corrected chi connectivity index (χ1v) is 9.18. The molecule has 0 spiro atoms. The number of hydrogen-bond acceptors (Lipinski definition) is 8. The van der Waals surface area contributed by atoms with E-state index in [4.69, 9.17) is 4.52 Å². The fourth-order valence-electron chi connectivity index (χ4n) is 2.51. The summed E-state index contributed by atoms with van der Waals surface area (Å²) >= 11 is 0. The first kappa shape index (κ1) is 16.4. The van der Waals surface area contributed by atoms with Crippen molar-refractivity contribution in [1.82, 2.24) is 15.4 Å². The van der Waals surface area contributed by atoms with E-state index in [0.717, 1.165) is 0 Å². The van der Waals surface area contributed by atoms with Gasteiger partial charge < -0.3 is 14.7 Å². The van der Waals surface area contributed by atoms with Crippen molar-refractivity contribution in [2.75, 3.05) is 28.8 Å². The van der Waals surface area contributed by atoms with E-state index in [1.807, 2.05) is 0 Å². The number of hydrogen-bond donors (Lipinski definition) is 1. The predicted octanol–water partition coefficient (Wildman–Crippen LogP) is 0.649. The molecule has 0 aromatic carbocycles. The second-order valence-electron chi connectivity index (χ2n) is 5.72. The van der Waals surface area contributed by atoms with Crippen LogP contribution in [0.5, 0.6) is 0 Å². The van der Waals surface area contributed by atoms with Gasteiger partial charge in [-0.15, -0.1) is 10.2 Å². The molecule has 0 radical (unpaired) electrons. The molecular formula is C14H17N5O4S. The summed E-state index contributed by atoms with van der Waals surface area (Å²) in [5, 5.41) is 14.1. The standard InChI is InChI=1S/C14H17N5O4S/c1-9-7-12(18-23-9)15-14(20)11-3-4-13(17-16-11)19(2)10-5-6-24(21,22)8-10/h3-4,7,10H,5-6,8H2,1-2H3,(H,15,18,20). The Morgan fingerprint density at radius 2 is 2.17 bits per heavy atom. The highest BCUT2D eigenvalue weighted by molar-refractivity contribution is 7.91. The molecule has 3 heterocycles. The summed E-state index contributed by atoms with van der Waals surface area (Å²) in [6.07, 6.45) is 0.564. The molecule has 1 aliphatic rings. The zero-order chi connectivity index (χ0) is 17.3. The smallest absolute Gasteiger partial charge is 0.277 e. The summed E-state index contributed by atoms with van der Waals surface area (Å²) in [5.41, 5.74) is 0.131. The number of amides is 1. The van der Waals surface area contributed by atoms with Gasteiger partial charge in [-0.3, -0.25) is 4.79 Å². The maximum atomic E-state index is 12.1. The van der Waals surface area contributed by atoms with Gasteiger partial charge in [0.25, 0.3) is 5.91 Å². The number of anilines is 2. The van der Waals surface area contributed by atoms with Crippen molar-refractivity contribution in [3.63, 3.8) is 0 Å². The number of nitrogens with one attached hydrogen (secondary N) is 1. The number of aromatic nitrogens is 3. The number of rotatable bonds is 4. The van der Waals surface area contributed by atoms with E-state index in [1.165, 1.54) is 6.07 Å². The lowest BCUT2D eigenvalue weighted by atomic mass is 10.2. The van der Waals surface area contributed by atoms with Crippen LogP contribution in [0.15, 0.2) is 22.7 Å². The van der Waals surface area contributed by atoms with Crippen molar-refractivity contribution in [2.24, 2.45) is 0 Å². The van der Waals surface area contributed by atoms with Gasteiger partial charge in [-0.2, -0.15) is 0 Å². The van der Waals surface area contributed by atoms with Crippen LogP contribution < -0.4 is 10.2 Å². The maximum absolute atomic E-state index is 12.1. The van der Waals surface area contributed by atoms with Crippen LogP contribution in [0.1, 0.15) is 22.7 Å². The number of sulfone groups is 1. The van der Waals surface area contributed by atoms with Gasteiger partial charge >= 0.3 is 0 Å². The molecular weight excluding hydrogens is 334 g/mol. The van der Waals surface area contributed by atoms with Crippen LogP contribution in [0.2, 0.25) is 0 Å². The molecule has 0 aliphatic carbocycles. The molecule has 1 unspecified atom stereocenters. The van der Waals surface area contributed by atoms with Crippen LogP contribution in [-0.4, -0.2) is 54.3 Å². The molecule has 2 aromatic rings. The van der Waals surface area contributed by atoms with E-state index in [2.05, 4.69) is 20.7 Å². The van der Waals surface area contributed by atoms with Crippen LogP contribution in [0.3, 0.4) is 0 Å². The van der Waals surface area contributed by atoms with Gasteiger partial charge in [0.15, 0.2) is 27.2 Å². The molecule has 1 amide bonds. The first-order chi connectivity index (χ1) is 11.3. The topological polar surface area (TPSA) is 118 Å². The molecule has 24 heavy (non-hydrogen) atoms. The minimum absolute atomic E-state index is 0.110. The molecule has 1 fully saturated rings. The summed E-state index contributed by atoms with van der Waals surface area (Å²) in [6, 6.07) is 4.64. The third kappa shape index (κ3) is 3.53. The van der Waals surface area contributed by atoms with E-state index < -0.39 is 15.7 Å². The van der Waals surface area contributed by atoms with Crippen molar-refractivity contribution >= 4 is 27.4 Å². The van der Waals surface area contributed by atoms with Crippen molar-refractivity contribution in [3.05, 3.63) is 29.7 Å². The molecule has 9 nitrogen and oxygen atoms in total. The Morgan fingerprint density at radius 3 is 2.71 bits per heavy atom. The van der Waals surface area contributed by atoms with Gasteiger partial charge in [0.05, 0.1) is 11.5 Å². The van der Waals surface area contributed by atoms with E-state index >= 15 is 0 Å². The second kappa shape index (κ2) is 6.19. The van der Waals surface area contributed by atoms with Gasteiger partial charge in [-0.25, -0.2) is 8.42 Å². The molecule has 0 bridgehead atoms. The Hall–Kier alpha value is -2.49. The fraction of sp³-hybridized carbons (Fsp3) is 0.429. The molecule has 0 saturated carbocycles. The van der Waals surface area contributed by atoms with Crippen LogP contribution in [-0.2, 0) is 9.84 Å². The second-order valence-corrected chi connectivity index (χ2v) is 7.95. The Balaban J connectivity index is 1.67. The summed E-state index contributed by atoms with van der Waals surface area (Å²) in [7, 11) is -1.20. The first-order valence-electron chi connectivity index (χ1n) is 7.36. The quantitative estimate of drug-likeness (QED) is 0.853. The zero-order valence-corrected chi connectivity index (χ0v) is 14.1. The van der Waals surface area contributed by atoms with Crippen molar-refractivity contribution < 1.29 is 17.7 Å². The lowest BCUT2D eigenvalue weighted by molar-refractivity contribution is 0.102. The Bertz CT molecular complexity index is 846. The third-order valence-corrected chi connectivity index (χ3v) is 5.62. The molecule has 2 aromatic heterocycles. The van der Waals surface area contributed by atoms with Crippen LogP contribution in [0, 0.1) is 6.92 Å². The zero-order valence-electron chi connectivity index (χ0n) is 13.3. The molecule has 128 valence electrons. The third-order valence-electron chi connectivity index (χ3n) is 3.87. The van der Waals surface area contributed by atoms with E-state index in [9.17, 15) is 13.2 Å². The summed E-state index contributed by atoms with van der Waals surface area (Å²) in [5.74, 6) is 1.25. The maximum Gasteiger partial charge on any atom is 0.277 e.